The van der Waals surface area contributed by atoms with Gasteiger partial charge in [-0.25, -0.2) is 0 Å². The van der Waals surface area contributed by atoms with Crippen LogP contribution in [0, 0.1) is 5.92 Å². The van der Waals surface area contributed by atoms with Crippen molar-refractivity contribution in [3.05, 3.63) is 12.2 Å². The first-order valence-corrected chi connectivity index (χ1v) is 6.16. The SMILES string of the molecule is C=C(C)CN1CC(C(C)CC)NCC1C. The number of nitrogens with zero attached hydrogens (tertiary/aromatic N) is 1. The number of rotatable bonds is 4. The normalized spacial score (nSPS) is 30.1. The highest BCUT2D eigenvalue weighted by atomic mass is 15.2. The summed E-state index contributed by atoms with van der Waals surface area (Å²) in [5, 5.41) is 3.65. The van der Waals surface area contributed by atoms with E-state index >= 15 is 0 Å². The predicted octanol–water partition coefficient (Wildman–Crippen LogP) is 2.27. The van der Waals surface area contributed by atoms with Crippen LogP contribution in [0.1, 0.15) is 34.1 Å². The zero-order valence-electron chi connectivity index (χ0n) is 10.7. The van der Waals surface area contributed by atoms with E-state index in [1.54, 1.807) is 0 Å². The summed E-state index contributed by atoms with van der Waals surface area (Å²) < 4.78 is 0. The number of piperazine rings is 1. The maximum absolute atomic E-state index is 4.01. The molecule has 1 saturated heterocycles. The maximum Gasteiger partial charge on any atom is 0.0221 e. The van der Waals surface area contributed by atoms with E-state index in [2.05, 4.69) is 44.5 Å². The lowest BCUT2D eigenvalue weighted by molar-refractivity contribution is 0.129. The highest BCUT2D eigenvalue weighted by Crippen LogP contribution is 2.16. The lowest BCUT2D eigenvalue weighted by Gasteiger charge is -2.41. The van der Waals surface area contributed by atoms with E-state index in [0.717, 1.165) is 19.0 Å². The molecule has 0 bridgehead atoms. The molecule has 3 atom stereocenters. The molecule has 2 nitrogen and oxygen atoms in total. The van der Waals surface area contributed by atoms with Gasteiger partial charge in [0.2, 0.25) is 0 Å². The molecule has 0 aromatic heterocycles. The van der Waals surface area contributed by atoms with Gasteiger partial charge in [-0.3, -0.25) is 4.90 Å². The molecule has 0 radical (unpaired) electrons. The van der Waals surface area contributed by atoms with Crippen LogP contribution in [-0.4, -0.2) is 36.6 Å². The Labute approximate surface area is 94.7 Å². The van der Waals surface area contributed by atoms with Crippen molar-refractivity contribution < 1.29 is 0 Å². The molecule has 15 heavy (non-hydrogen) atoms. The summed E-state index contributed by atoms with van der Waals surface area (Å²) in [5.74, 6) is 0.769. The molecular formula is C13H26N2. The van der Waals surface area contributed by atoms with E-state index in [-0.39, 0.29) is 0 Å². The van der Waals surface area contributed by atoms with Crippen molar-refractivity contribution in [2.45, 2.75) is 46.2 Å². The van der Waals surface area contributed by atoms with Crippen LogP contribution in [-0.2, 0) is 0 Å². The number of hydrogen-bond acceptors (Lipinski definition) is 2. The average molecular weight is 210 g/mol. The fourth-order valence-electron chi connectivity index (χ4n) is 2.18. The van der Waals surface area contributed by atoms with Gasteiger partial charge in [0.1, 0.15) is 0 Å². The second-order valence-corrected chi connectivity index (χ2v) is 5.14. The highest BCUT2D eigenvalue weighted by molar-refractivity contribution is 4.96. The summed E-state index contributed by atoms with van der Waals surface area (Å²) in [4.78, 5) is 2.55. The molecular weight excluding hydrogens is 184 g/mol. The first-order chi connectivity index (χ1) is 7.04. The first kappa shape index (κ1) is 12.7. The van der Waals surface area contributed by atoms with Gasteiger partial charge in [0, 0.05) is 31.7 Å². The standard InChI is InChI=1S/C13H26N2/c1-6-11(4)13-9-15(8-10(2)3)12(5)7-14-13/h11-14H,2,6-9H2,1,3-5H3. The lowest BCUT2D eigenvalue weighted by Crippen LogP contribution is -2.57. The Morgan fingerprint density at radius 3 is 2.80 bits per heavy atom. The third-order valence-electron chi connectivity index (χ3n) is 3.53. The smallest absolute Gasteiger partial charge is 0.0221 e. The minimum atomic E-state index is 0.641. The summed E-state index contributed by atoms with van der Waals surface area (Å²) in [6.07, 6.45) is 1.26. The summed E-state index contributed by atoms with van der Waals surface area (Å²) >= 11 is 0. The largest absolute Gasteiger partial charge is 0.311 e. The molecule has 1 aliphatic heterocycles. The lowest BCUT2D eigenvalue weighted by atomic mass is 9.95. The minimum absolute atomic E-state index is 0.641. The summed E-state index contributed by atoms with van der Waals surface area (Å²) in [7, 11) is 0. The topological polar surface area (TPSA) is 15.3 Å². The summed E-state index contributed by atoms with van der Waals surface area (Å²) in [5.41, 5.74) is 1.27. The number of hydrogen-bond donors (Lipinski definition) is 1. The van der Waals surface area contributed by atoms with E-state index in [9.17, 15) is 0 Å². The second kappa shape index (κ2) is 5.66. The number of nitrogens with one attached hydrogen (secondary N) is 1. The van der Waals surface area contributed by atoms with Gasteiger partial charge in [0.05, 0.1) is 0 Å². The van der Waals surface area contributed by atoms with Crippen molar-refractivity contribution in [3.8, 4) is 0 Å². The quantitative estimate of drug-likeness (QED) is 0.716. The molecule has 88 valence electrons. The molecule has 1 heterocycles. The van der Waals surface area contributed by atoms with Gasteiger partial charge >= 0.3 is 0 Å². The van der Waals surface area contributed by atoms with Crippen molar-refractivity contribution in [3.63, 3.8) is 0 Å². The maximum atomic E-state index is 4.01. The molecule has 1 fully saturated rings. The summed E-state index contributed by atoms with van der Waals surface area (Å²) in [6.45, 7) is 16.4. The molecule has 0 aliphatic carbocycles. The van der Waals surface area contributed by atoms with Crippen molar-refractivity contribution in [2.75, 3.05) is 19.6 Å². The molecule has 1 aliphatic rings. The monoisotopic (exact) mass is 210 g/mol. The van der Waals surface area contributed by atoms with E-state index in [0.29, 0.717) is 12.1 Å². The summed E-state index contributed by atoms with van der Waals surface area (Å²) in [6, 6.07) is 1.30. The van der Waals surface area contributed by atoms with Gasteiger partial charge < -0.3 is 5.32 Å². The Morgan fingerprint density at radius 2 is 2.27 bits per heavy atom. The third kappa shape index (κ3) is 3.62. The van der Waals surface area contributed by atoms with Crippen molar-refractivity contribution in [1.82, 2.24) is 10.2 Å². The molecule has 0 aromatic carbocycles. The Kier molecular flexibility index (Phi) is 4.81. The molecule has 3 unspecified atom stereocenters. The van der Waals surface area contributed by atoms with Crippen molar-refractivity contribution >= 4 is 0 Å². The van der Waals surface area contributed by atoms with Crippen LogP contribution in [0.4, 0.5) is 0 Å². The van der Waals surface area contributed by atoms with Crippen molar-refractivity contribution in [2.24, 2.45) is 5.92 Å². The second-order valence-electron chi connectivity index (χ2n) is 5.14. The minimum Gasteiger partial charge on any atom is -0.311 e. The van der Waals surface area contributed by atoms with E-state index in [1.165, 1.54) is 18.5 Å². The van der Waals surface area contributed by atoms with Crippen LogP contribution in [0.5, 0.6) is 0 Å². The molecule has 0 spiro atoms. The Morgan fingerprint density at radius 1 is 1.60 bits per heavy atom. The zero-order valence-corrected chi connectivity index (χ0v) is 10.7. The molecule has 0 aromatic rings. The molecule has 1 N–H and O–H groups in total. The van der Waals surface area contributed by atoms with E-state index in [1.807, 2.05) is 0 Å². The zero-order chi connectivity index (χ0) is 11.4. The van der Waals surface area contributed by atoms with Crippen LogP contribution in [0.3, 0.4) is 0 Å². The van der Waals surface area contributed by atoms with E-state index < -0.39 is 0 Å². The molecule has 0 saturated carbocycles. The van der Waals surface area contributed by atoms with E-state index in [4.69, 9.17) is 0 Å². The van der Waals surface area contributed by atoms with Gasteiger partial charge in [-0.1, -0.05) is 32.4 Å². The Bertz CT molecular complexity index is 213. The van der Waals surface area contributed by atoms with Crippen LogP contribution < -0.4 is 5.32 Å². The predicted molar refractivity (Wildman–Crippen MR) is 67.1 cm³/mol. The van der Waals surface area contributed by atoms with Crippen molar-refractivity contribution in [1.29, 1.82) is 0 Å². The van der Waals surface area contributed by atoms with Gasteiger partial charge in [0.25, 0.3) is 0 Å². The Hall–Kier alpha value is -0.340. The molecule has 1 rings (SSSR count). The fraction of sp³-hybridized carbons (Fsp3) is 0.846. The van der Waals surface area contributed by atoms with Gasteiger partial charge in [-0.15, -0.1) is 0 Å². The molecule has 0 amide bonds. The van der Waals surface area contributed by atoms with Crippen LogP contribution in [0.2, 0.25) is 0 Å². The van der Waals surface area contributed by atoms with Crippen LogP contribution >= 0.6 is 0 Å². The van der Waals surface area contributed by atoms with Gasteiger partial charge in [-0.2, -0.15) is 0 Å². The Balaban J connectivity index is 2.51. The third-order valence-corrected chi connectivity index (χ3v) is 3.53. The highest BCUT2D eigenvalue weighted by Gasteiger charge is 2.27. The first-order valence-electron chi connectivity index (χ1n) is 6.16. The molecule has 2 heteroatoms. The van der Waals surface area contributed by atoms with Crippen LogP contribution in [0.15, 0.2) is 12.2 Å². The van der Waals surface area contributed by atoms with Crippen LogP contribution in [0.25, 0.3) is 0 Å². The van der Waals surface area contributed by atoms with Gasteiger partial charge in [0.15, 0.2) is 0 Å². The van der Waals surface area contributed by atoms with Gasteiger partial charge in [-0.05, 0) is 19.8 Å². The fourth-order valence-corrected chi connectivity index (χ4v) is 2.18. The average Bonchev–Trinajstić information content (AvgIpc) is 2.19.